The summed E-state index contributed by atoms with van der Waals surface area (Å²) in [6, 6.07) is 16.1. The van der Waals surface area contributed by atoms with Crippen LogP contribution in [0.4, 0.5) is 5.69 Å². The summed E-state index contributed by atoms with van der Waals surface area (Å²) in [7, 11) is 4.07. The van der Waals surface area contributed by atoms with E-state index >= 15 is 0 Å². The molecule has 0 aromatic heterocycles. The Morgan fingerprint density at radius 1 is 0.964 bits per heavy atom. The second-order valence-corrected chi connectivity index (χ2v) is 6.85. The van der Waals surface area contributed by atoms with E-state index in [1.807, 2.05) is 45.3 Å². The number of aryl methyl sites for hydroxylation is 1. The molecule has 152 valence electrons. The van der Waals surface area contributed by atoms with Crippen LogP contribution in [-0.2, 0) is 11.2 Å². The van der Waals surface area contributed by atoms with Gasteiger partial charge in [-0.05, 0) is 56.0 Å². The summed E-state index contributed by atoms with van der Waals surface area (Å²) >= 11 is 0. The lowest BCUT2D eigenvalue weighted by molar-refractivity contribution is -0.121. The predicted molar refractivity (Wildman–Crippen MR) is 114 cm³/mol. The molecule has 5 nitrogen and oxygen atoms in total. The summed E-state index contributed by atoms with van der Waals surface area (Å²) in [5.74, 6) is 1.54. The van der Waals surface area contributed by atoms with Crippen LogP contribution in [0, 0.1) is 0 Å². The van der Waals surface area contributed by atoms with Gasteiger partial charge in [0.1, 0.15) is 0 Å². The van der Waals surface area contributed by atoms with Gasteiger partial charge >= 0.3 is 0 Å². The first-order valence-corrected chi connectivity index (χ1v) is 9.97. The van der Waals surface area contributed by atoms with E-state index in [0.717, 1.165) is 24.3 Å². The molecule has 0 aliphatic rings. The molecule has 0 aliphatic carbocycles. The quantitative estimate of drug-likeness (QED) is 0.561. The lowest BCUT2D eigenvalue weighted by Gasteiger charge is -2.12. The van der Waals surface area contributed by atoms with Gasteiger partial charge in [-0.3, -0.25) is 4.79 Å². The first-order valence-electron chi connectivity index (χ1n) is 9.97. The molecule has 0 heterocycles. The van der Waals surface area contributed by atoms with Crippen molar-refractivity contribution in [1.29, 1.82) is 0 Å². The molecule has 2 aromatic rings. The molecule has 1 amide bonds. The number of para-hydroxylation sites is 2. The van der Waals surface area contributed by atoms with E-state index in [-0.39, 0.29) is 5.91 Å². The first-order chi connectivity index (χ1) is 13.6. The zero-order valence-electron chi connectivity index (χ0n) is 17.2. The number of rotatable bonds is 12. The summed E-state index contributed by atoms with van der Waals surface area (Å²) in [5, 5.41) is 2.99. The number of ether oxygens (including phenoxy) is 2. The smallest absolute Gasteiger partial charge is 0.220 e. The molecular weight excluding hydrogens is 352 g/mol. The van der Waals surface area contributed by atoms with E-state index in [4.69, 9.17) is 9.47 Å². The van der Waals surface area contributed by atoms with Crippen LogP contribution in [0.1, 0.15) is 31.7 Å². The molecule has 0 aliphatic heterocycles. The van der Waals surface area contributed by atoms with Gasteiger partial charge in [-0.2, -0.15) is 0 Å². The number of carbonyl (C=O) groups is 1. The third-order valence-corrected chi connectivity index (χ3v) is 4.37. The van der Waals surface area contributed by atoms with E-state index in [9.17, 15) is 4.79 Å². The van der Waals surface area contributed by atoms with Crippen LogP contribution < -0.4 is 19.7 Å². The number of nitrogens with one attached hydrogen (secondary N) is 1. The van der Waals surface area contributed by atoms with Crippen molar-refractivity contribution in [1.82, 2.24) is 5.32 Å². The van der Waals surface area contributed by atoms with Crippen molar-refractivity contribution in [2.45, 2.75) is 32.6 Å². The highest BCUT2D eigenvalue weighted by Gasteiger charge is 2.05. The fourth-order valence-electron chi connectivity index (χ4n) is 2.83. The molecule has 5 heteroatoms. The topological polar surface area (TPSA) is 50.8 Å². The highest BCUT2D eigenvalue weighted by atomic mass is 16.5. The van der Waals surface area contributed by atoms with Crippen molar-refractivity contribution in [3.05, 3.63) is 54.1 Å². The van der Waals surface area contributed by atoms with Crippen LogP contribution in [-0.4, -0.2) is 39.8 Å². The van der Waals surface area contributed by atoms with Crippen molar-refractivity contribution in [2.75, 3.05) is 38.8 Å². The fraction of sp³-hybridized carbons (Fsp3) is 0.435. The van der Waals surface area contributed by atoms with Crippen LogP contribution in [0.5, 0.6) is 11.5 Å². The van der Waals surface area contributed by atoms with Crippen molar-refractivity contribution >= 4 is 11.6 Å². The third kappa shape index (κ3) is 7.51. The standard InChI is InChI=1S/C23H32N2O3/c1-4-27-21-10-5-6-11-22(21)28-18-8-12-23(26)24-17-7-9-19-13-15-20(16-14-19)25(2)3/h5-6,10-11,13-16H,4,7-9,12,17-18H2,1-3H3,(H,24,26). The van der Waals surface area contributed by atoms with Gasteiger partial charge < -0.3 is 19.7 Å². The number of nitrogens with zero attached hydrogens (tertiary/aromatic N) is 1. The average molecular weight is 385 g/mol. The summed E-state index contributed by atoms with van der Waals surface area (Å²) in [4.78, 5) is 14.0. The zero-order chi connectivity index (χ0) is 20.2. The number of carbonyl (C=O) groups excluding carboxylic acids is 1. The molecule has 0 fully saturated rings. The number of hydrogen-bond donors (Lipinski definition) is 1. The summed E-state index contributed by atoms with van der Waals surface area (Å²) < 4.78 is 11.3. The molecule has 0 radical (unpaired) electrons. The predicted octanol–water partition coefficient (Wildman–Crippen LogP) is 4.06. The summed E-state index contributed by atoms with van der Waals surface area (Å²) in [5.41, 5.74) is 2.49. The minimum absolute atomic E-state index is 0.0737. The molecule has 0 bridgehead atoms. The summed E-state index contributed by atoms with van der Waals surface area (Å²) in [6.07, 6.45) is 3.04. The van der Waals surface area contributed by atoms with Crippen molar-refractivity contribution in [3.8, 4) is 11.5 Å². The SMILES string of the molecule is CCOc1ccccc1OCCCC(=O)NCCCc1ccc(N(C)C)cc1. The van der Waals surface area contributed by atoms with Crippen LogP contribution in [0.2, 0.25) is 0 Å². The van der Waals surface area contributed by atoms with E-state index in [2.05, 4.69) is 34.5 Å². The molecule has 2 rings (SSSR count). The van der Waals surface area contributed by atoms with E-state index in [1.165, 1.54) is 11.3 Å². The molecule has 0 unspecified atom stereocenters. The molecule has 0 spiro atoms. The Morgan fingerprint density at radius 2 is 1.64 bits per heavy atom. The third-order valence-electron chi connectivity index (χ3n) is 4.37. The molecule has 0 atom stereocenters. The van der Waals surface area contributed by atoms with Crippen LogP contribution in [0.15, 0.2) is 48.5 Å². The number of benzene rings is 2. The zero-order valence-corrected chi connectivity index (χ0v) is 17.2. The van der Waals surface area contributed by atoms with Gasteiger partial charge in [0.05, 0.1) is 13.2 Å². The molecular formula is C23H32N2O3. The summed E-state index contributed by atoms with van der Waals surface area (Å²) in [6.45, 7) is 3.74. The Kier molecular flexibility index (Phi) is 9.19. The Bertz CT molecular complexity index is 714. The normalized spacial score (nSPS) is 10.4. The van der Waals surface area contributed by atoms with Gasteiger partial charge in [0.2, 0.25) is 5.91 Å². The van der Waals surface area contributed by atoms with Gasteiger partial charge in [0.25, 0.3) is 0 Å². The number of hydrogen-bond acceptors (Lipinski definition) is 4. The average Bonchev–Trinajstić information content (AvgIpc) is 2.70. The van der Waals surface area contributed by atoms with Gasteiger partial charge in [0, 0.05) is 32.7 Å². The lowest BCUT2D eigenvalue weighted by atomic mass is 10.1. The second-order valence-electron chi connectivity index (χ2n) is 6.85. The Balaban J connectivity index is 1.58. The largest absolute Gasteiger partial charge is 0.490 e. The number of anilines is 1. The highest BCUT2D eigenvalue weighted by molar-refractivity contribution is 5.75. The van der Waals surface area contributed by atoms with Gasteiger partial charge in [-0.15, -0.1) is 0 Å². The minimum Gasteiger partial charge on any atom is -0.490 e. The van der Waals surface area contributed by atoms with Crippen LogP contribution in [0.3, 0.4) is 0 Å². The number of amides is 1. The van der Waals surface area contributed by atoms with E-state index in [0.29, 0.717) is 32.6 Å². The van der Waals surface area contributed by atoms with Crippen molar-refractivity contribution < 1.29 is 14.3 Å². The van der Waals surface area contributed by atoms with Crippen LogP contribution in [0.25, 0.3) is 0 Å². The van der Waals surface area contributed by atoms with E-state index < -0.39 is 0 Å². The Morgan fingerprint density at radius 3 is 2.29 bits per heavy atom. The van der Waals surface area contributed by atoms with Crippen molar-refractivity contribution in [3.63, 3.8) is 0 Å². The maximum absolute atomic E-state index is 12.0. The molecule has 2 aromatic carbocycles. The molecule has 0 saturated heterocycles. The highest BCUT2D eigenvalue weighted by Crippen LogP contribution is 2.26. The fourth-order valence-corrected chi connectivity index (χ4v) is 2.83. The van der Waals surface area contributed by atoms with E-state index in [1.54, 1.807) is 0 Å². The van der Waals surface area contributed by atoms with Gasteiger partial charge in [0.15, 0.2) is 11.5 Å². The monoisotopic (exact) mass is 384 g/mol. The Labute approximate surface area is 168 Å². The second kappa shape index (κ2) is 11.9. The maximum atomic E-state index is 12.0. The van der Waals surface area contributed by atoms with Crippen molar-refractivity contribution in [2.24, 2.45) is 0 Å². The Hall–Kier alpha value is -2.69. The first kappa shape index (κ1) is 21.6. The van der Waals surface area contributed by atoms with Gasteiger partial charge in [-0.1, -0.05) is 24.3 Å². The van der Waals surface area contributed by atoms with Crippen LogP contribution >= 0.6 is 0 Å². The lowest BCUT2D eigenvalue weighted by Crippen LogP contribution is -2.24. The molecule has 28 heavy (non-hydrogen) atoms. The molecule has 0 saturated carbocycles. The molecule has 1 N–H and O–H groups in total. The maximum Gasteiger partial charge on any atom is 0.220 e. The van der Waals surface area contributed by atoms with Gasteiger partial charge in [-0.25, -0.2) is 0 Å². The minimum atomic E-state index is 0.0737.